The molecule has 1 aliphatic carbocycles. The molecule has 10 heteroatoms. The number of hydrogen-bond donors (Lipinski definition) is 0. The summed E-state index contributed by atoms with van der Waals surface area (Å²) in [6, 6.07) is 10.1. The standard InChI is InChI=1S/C24H27N5O3S2/c1-27-14-17(13-26-27)22-11-20(8-9-25-22)32-19-4-7-23-24(12-19)33-16-29(23)18-3-2-10-28(15-18)34(30,31)21-5-6-21/h4,7-9,11-14,18,21H,2-3,5-6,10,15-16H2,1H3/t18-/m0/s1. The number of rotatable bonds is 6. The van der Waals surface area contributed by atoms with Gasteiger partial charge >= 0.3 is 0 Å². The topological polar surface area (TPSA) is 80.6 Å². The van der Waals surface area contributed by atoms with Crippen molar-refractivity contribution in [3.8, 4) is 22.8 Å². The van der Waals surface area contributed by atoms with E-state index in [9.17, 15) is 8.42 Å². The van der Waals surface area contributed by atoms with E-state index >= 15 is 0 Å². The van der Waals surface area contributed by atoms with Crippen LogP contribution in [0.1, 0.15) is 25.7 Å². The molecule has 0 spiro atoms. The number of fused-ring (bicyclic) bond motifs is 1. The molecule has 4 heterocycles. The van der Waals surface area contributed by atoms with Gasteiger partial charge in [-0.3, -0.25) is 9.67 Å². The predicted molar refractivity (Wildman–Crippen MR) is 133 cm³/mol. The number of benzene rings is 1. The molecule has 2 fully saturated rings. The van der Waals surface area contributed by atoms with Gasteiger partial charge in [0.15, 0.2) is 0 Å². The fourth-order valence-electron chi connectivity index (χ4n) is 4.73. The number of thioether (sulfide) groups is 1. The molecule has 34 heavy (non-hydrogen) atoms. The van der Waals surface area contributed by atoms with Crippen LogP contribution in [0.5, 0.6) is 11.5 Å². The van der Waals surface area contributed by atoms with Crippen LogP contribution in [0.4, 0.5) is 5.69 Å². The first kappa shape index (κ1) is 21.9. The average Bonchev–Trinajstić information content (AvgIpc) is 3.50. The van der Waals surface area contributed by atoms with E-state index in [1.54, 1.807) is 33.1 Å². The normalized spacial score (nSPS) is 21.0. The highest BCUT2D eigenvalue weighted by Gasteiger charge is 2.42. The van der Waals surface area contributed by atoms with Crippen molar-refractivity contribution in [1.82, 2.24) is 19.1 Å². The van der Waals surface area contributed by atoms with Gasteiger partial charge in [0, 0.05) is 55.1 Å². The lowest BCUT2D eigenvalue weighted by molar-refractivity contribution is 0.309. The Morgan fingerprint density at radius 3 is 2.76 bits per heavy atom. The Labute approximate surface area is 204 Å². The quantitative estimate of drug-likeness (QED) is 0.507. The lowest BCUT2D eigenvalue weighted by Crippen LogP contribution is -2.50. The Kier molecular flexibility index (Phi) is 5.54. The number of sulfonamides is 1. The summed E-state index contributed by atoms with van der Waals surface area (Å²) in [5, 5.41) is 4.07. The first-order chi connectivity index (χ1) is 16.5. The lowest BCUT2D eigenvalue weighted by atomic mass is 10.1. The molecule has 0 amide bonds. The molecule has 6 rings (SSSR count). The van der Waals surface area contributed by atoms with Gasteiger partial charge in [-0.15, -0.1) is 11.8 Å². The molecule has 1 aromatic carbocycles. The second-order valence-electron chi connectivity index (χ2n) is 9.15. The monoisotopic (exact) mass is 497 g/mol. The molecule has 3 aliphatic rings. The van der Waals surface area contributed by atoms with Crippen LogP contribution in [-0.4, -0.2) is 57.7 Å². The van der Waals surface area contributed by atoms with Crippen LogP contribution < -0.4 is 9.64 Å². The zero-order chi connectivity index (χ0) is 23.3. The molecule has 3 aromatic rings. The molecule has 0 N–H and O–H groups in total. The summed E-state index contributed by atoms with van der Waals surface area (Å²) in [6.07, 6.45) is 9.01. The van der Waals surface area contributed by atoms with Crippen LogP contribution in [0.2, 0.25) is 0 Å². The Balaban J connectivity index is 1.17. The van der Waals surface area contributed by atoms with Gasteiger partial charge in [0.2, 0.25) is 10.0 Å². The summed E-state index contributed by atoms with van der Waals surface area (Å²) in [5.41, 5.74) is 2.92. The summed E-state index contributed by atoms with van der Waals surface area (Å²) in [6.45, 7) is 1.24. The fraction of sp³-hybridized carbons (Fsp3) is 0.417. The minimum absolute atomic E-state index is 0.141. The Bertz CT molecular complexity index is 1320. The van der Waals surface area contributed by atoms with Crippen molar-refractivity contribution >= 4 is 27.5 Å². The molecule has 2 aliphatic heterocycles. The molecule has 0 unspecified atom stereocenters. The third-order valence-electron chi connectivity index (χ3n) is 6.67. The molecule has 1 atom stereocenters. The third kappa shape index (κ3) is 4.18. The highest BCUT2D eigenvalue weighted by molar-refractivity contribution is 7.99. The molecular weight excluding hydrogens is 470 g/mol. The maximum absolute atomic E-state index is 12.8. The molecule has 2 aromatic heterocycles. The van der Waals surface area contributed by atoms with Crippen molar-refractivity contribution < 1.29 is 13.2 Å². The number of hydrogen-bond acceptors (Lipinski definition) is 7. The van der Waals surface area contributed by atoms with Crippen LogP contribution in [0.15, 0.2) is 53.8 Å². The number of piperidine rings is 1. The van der Waals surface area contributed by atoms with Crippen molar-refractivity contribution in [1.29, 1.82) is 0 Å². The average molecular weight is 498 g/mol. The van der Waals surface area contributed by atoms with E-state index in [2.05, 4.69) is 27.1 Å². The van der Waals surface area contributed by atoms with Gasteiger partial charge in [0.1, 0.15) is 11.5 Å². The van der Waals surface area contributed by atoms with E-state index in [0.29, 0.717) is 13.1 Å². The molecular formula is C24H27N5O3S2. The van der Waals surface area contributed by atoms with Gasteiger partial charge in [-0.1, -0.05) is 0 Å². The van der Waals surface area contributed by atoms with Crippen LogP contribution in [0.3, 0.4) is 0 Å². The zero-order valence-corrected chi connectivity index (χ0v) is 20.6. The molecule has 0 bridgehead atoms. The van der Waals surface area contributed by atoms with Crippen molar-refractivity contribution in [2.24, 2.45) is 7.05 Å². The number of anilines is 1. The Hall–Kier alpha value is -2.56. The van der Waals surface area contributed by atoms with E-state index < -0.39 is 10.0 Å². The first-order valence-electron chi connectivity index (χ1n) is 11.6. The maximum Gasteiger partial charge on any atom is 0.217 e. The highest BCUT2D eigenvalue weighted by atomic mass is 32.2. The number of aryl methyl sites for hydroxylation is 1. The second kappa shape index (κ2) is 8.58. The zero-order valence-electron chi connectivity index (χ0n) is 19.0. The van der Waals surface area contributed by atoms with E-state index in [1.165, 1.54) is 10.6 Å². The summed E-state index contributed by atoms with van der Waals surface area (Å²) >= 11 is 1.78. The largest absolute Gasteiger partial charge is 0.457 e. The van der Waals surface area contributed by atoms with Crippen molar-refractivity contribution in [2.75, 3.05) is 23.9 Å². The second-order valence-corrected chi connectivity index (χ2v) is 12.4. The SMILES string of the molecule is Cn1cc(-c2cc(Oc3ccc4c(c3)SCN4[C@H]3CCCN(S(=O)(=O)C4CC4)C3)ccn2)cn1. The van der Waals surface area contributed by atoms with E-state index in [1.807, 2.05) is 31.4 Å². The summed E-state index contributed by atoms with van der Waals surface area (Å²) in [7, 11) is -1.24. The minimum Gasteiger partial charge on any atom is -0.457 e. The maximum atomic E-state index is 12.8. The third-order valence-corrected chi connectivity index (χ3v) is 10.1. The van der Waals surface area contributed by atoms with Gasteiger partial charge < -0.3 is 9.64 Å². The van der Waals surface area contributed by atoms with E-state index in [0.717, 1.165) is 54.3 Å². The van der Waals surface area contributed by atoms with Crippen molar-refractivity contribution in [2.45, 2.75) is 41.9 Å². The van der Waals surface area contributed by atoms with Crippen molar-refractivity contribution in [3.63, 3.8) is 0 Å². The summed E-state index contributed by atoms with van der Waals surface area (Å²) in [5.74, 6) is 2.33. The van der Waals surface area contributed by atoms with Crippen LogP contribution in [0.25, 0.3) is 11.3 Å². The molecule has 1 saturated heterocycles. The van der Waals surface area contributed by atoms with Gasteiger partial charge in [-0.2, -0.15) is 9.40 Å². The number of ether oxygens (including phenoxy) is 1. The lowest BCUT2D eigenvalue weighted by Gasteiger charge is -2.38. The molecule has 178 valence electrons. The van der Waals surface area contributed by atoms with Gasteiger partial charge in [0.25, 0.3) is 0 Å². The summed E-state index contributed by atoms with van der Waals surface area (Å²) in [4.78, 5) is 7.97. The van der Waals surface area contributed by atoms with Gasteiger partial charge in [-0.05, 0) is 49.9 Å². The van der Waals surface area contributed by atoms with Crippen LogP contribution in [0, 0.1) is 0 Å². The van der Waals surface area contributed by atoms with Gasteiger partial charge in [-0.25, -0.2) is 8.42 Å². The number of aromatic nitrogens is 3. The van der Waals surface area contributed by atoms with Crippen LogP contribution in [-0.2, 0) is 17.1 Å². The smallest absolute Gasteiger partial charge is 0.217 e. The van der Waals surface area contributed by atoms with E-state index in [4.69, 9.17) is 4.74 Å². The van der Waals surface area contributed by atoms with Crippen LogP contribution >= 0.6 is 11.8 Å². The number of pyridine rings is 1. The molecule has 0 radical (unpaired) electrons. The minimum atomic E-state index is -3.12. The fourth-order valence-corrected chi connectivity index (χ4v) is 7.80. The Morgan fingerprint density at radius 1 is 1.12 bits per heavy atom. The first-order valence-corrected chi connectivity index (χ1v) is 14.1. The highest BCUT2D eigenvalue weighted by Crippen LogP contribution is 2.44. The summed E-state index contributed by atoms with van der Waals surface area (Å²) < 4.78 is 35.2. The van der Waals surface area contributed by atoms with Gasteiger partial charge in [0.05, 0.1) is 28.7 Å². The number of nitrogens with zero attached hydrogens (tertiary/aromatic N) is 5. The predicted octanol–water partition coefficient (Wildman–Crippen LogP) is 4.10. The van der Waals surface area contributed by atoms with E-state index in [-0.39, 0.29) is 11.3 Å². The molecule has 8 nitrogen and oxygen atoms in total. The van der Waals surface area contributed by atoms with Crippen molar-refractivity contribution in [3.05, 3.63) is 48.9 Å². The molecule has 1 saturated carbocycles. The Morgan fingerprint density at radius 2 is 1.97 bits per heavy atom.